The maximum atomic E-state index is 12.4. The third-order valence-electron chi connectivity index (χ3n) is 5.28. The first kappa shape index (κ1) is 16.9. The monoisotopic (exact) mass is 329 g/mol. The van der Waals surface area contributed by atoms with Crippen LogP contribution in [0.5, 0.6) is 0 Å². The normalized spacial score (nSPS) is 19.3. The standard InChI is InChI=1S/C19H27N3O2/c23-18(14-16-4-2-1-3-5-16)21-10-12-22(13-11-21)19(24)15-17-6-8-20-9-7-17/h6-9,16H,1-5,10-15H2. The molecule has 0 bridgehead atoms. The van der Waals surface area contributed by atoms with Gasteiger partial charge in [0, 0.05) is 45.0 Å². The molecule has 0 aromatic carbocycles. The predicted octanol–water partition coefficient (Wildman–Crippen LogP) is 2.27. The highest BCUT2D eigenvalue weighted by Gasteiger charge is 2.26. The maximum Gasteiger partial charge on any atom is 0.227 e. The van der Waals surface area contributed by atoms with E-state index in [-0.39, 0.29) is 11.8 Å². The largest absolute Gasteiger partial charge is 0.339 e. The fourth-order valence-corrected chi connectivity index (χ4v) is 3.76. The van der Waals surface area contributed by atoms with Crippen LogP contribution in [0, 0.1) is 5.92 Å². The van der Waals surface area contributed by atoms with Crippen LogP contribution in [-0.4, -0.2) is 52.8 Å². The van der Waals surface area contributed by atoms with Crippen molar-refractivity contribution < 1.29 is 9.59 Å². The molecule has 3 rings (SSSR count). The van der Waals surface area contributed by atoms with Crippen LogP contribution < -0.4 is 0 Å². The molecule has 2 fully saturated rings. The zero-order chi connectivity index (χ0) is 16.8. The SMILES string of the molecule is O=C(Cc1ccncc1)N1CCN(C(=O)CC2CCCCC2)CC1. The van der Waals surface area contributed by atoms with E-state index in [1.807, 2.05) is 21.9 Å². The lowest BCUT2D eigenvalue weighted by Gasteiger charge is -2.35. The minimum Gasteiger partial charge on any atom is -0.339 e. The third-order valence-corrected chi connectivity index (χ3v) is 5.28. The molecule has 1 aliphatic heterocycles. The molecule has 2 heterocycles. The third kappa shape index (κ3) is 4.56. The average molecular weight is 329 g/mol. The molecule has 1 aliphatic carbocycles. The Balaban J connectivity index is 1.43. The summed E-state index contributed by atoms with van der Waals surface area (Å²) in [4.78, 5) is 32.6. The Hall–Kier alpha value is -1.91. The number of carbonyl (C=O) groups excluding carboxylic acids is 2. The molecule has 1 saturated heterocycles. The van der Waals surface area contributed by atoms with E-state index in [0.29, 0.717) is 44.9 Å². The van der Waals surface area contributed by atoms with Crippen LogP contribution in [-0.2, 0) is 16.0 Å². The van der Waals surface area contributed by atoms with Crippen molar-refractivity contribution >= 4 is 11.8 Å². The fourth-order valence-electron chi connectivity index (χ4n) is 3.76. The molecule has 130 valence electrons. The number of hydrogen-bond donors (Lipinski definition) is 0. The lowest BCUT2D eigenvalue weighted by Crippen LogP contribution is -2.51. The van der Waals surface area contributed by atoms with Crippen molar-refractivity contribution in [3.63, 3.8) is 0 Å². The van der Waals surface area contributed by atoms with E-state index >= 15 is 0 Å². The number of rotatable bonds is 4. The Morgan fingerprint density at radius 3 is 2.12 bits per heavy atom. The van der Waals surface area contributed by atoms with E-state index in [1.165, 1.54) is 32.1 Å². The summed E-state index contributed by atoms with van der Waals surface area (Å²) in [5.41, 5.74) is 0.991. The Morgan fingerprint density at radius 2 is 1.50 bits per heavy atom. The number of aromatic nitrogens is 1. The van der Waals surface area contributed by atoms with Crippen molar-refractivity contribution in [3.8, 4) is 0 Å². The van der Waals surface area contributed by atoms with Gasteiger partial charge >= 0.3 is 0 Å². The summed E-state index contributed by atoms with van der Waals surface area (Å²) in [6.45, 7) is 2.65. The molecule has 24 heavy (non-hydrogen) atoms. The van der Waals surface area contributed by atoms with Crippen LogP contribution in [0.1, 0.15) is 44.1 Å². The molecular formula is C19H27N3O2. The number of piperazine rings is 1. The molecule has 5 heteroatoms. The van der Waals surface area contributed by atoms with Crippen LogP contribution in [0.3, 0.4) is 0 Å². The van der Waals surface area contributed by atoms with Gasteiger partial charge in [0.15, 0.2) is 0 Å². The van der Waals surface area contributed by atoms with E-state index in [9.17, 15) is 9.59 Å². The Labute approximate surface area is 144 Å². The minimum absolute atomic E-state index is 0.139. The van der Waals surface area contributed by atoms with Crippen LogP contribution >= 0.6 is 0 Å². The zero-order valence-electron chi connectivity index (χ0n) is 14.3. The molecule has 1 aromatic rings. The lowest BCUT2D eigenvalue weighted by atomic mass is 9.86. The van der Waals surface area contributed by atoms with Crippen LogP contribution in [0.25, 0.3) is 0 Å². The highest BCUT2D eigenvalue weighted by molar-refractivity contribution is 5.80. The van der Waals surface area contributed by atoms with Gasteiger partial charge in [-0.15, -0.1) is 0 Å². The Morgan fingerprint density at radius 1 is 0.917 bits per heavy atom. The molecule has 0 unspecified atom stereocenters. The van der Waals surface area contributed by atoms with E-state index < -0.39 is 0 Å². The summed E-state index contributed by atoms with van der Waals surface area (Å²) < 4.78 is 0. The minimum atomic E-state index is 0.139. The summed E-state index contributed by atoms with van der Waals surface area (Å²) in [6.07, 6.45) is 10.8. The van der Waals surface area contributed by atoms with Crippen molar-refractivity contribution in [2.75, 3.05) is 26.2 Å². The molecule has 2 aliphatic rings. The van der Waals surface area contributed by atoms with Crippen LogP contribution in [0.15, 0.2) is 24.5 Å². The lowest BCUT2D eigenvalue weighted by molar-refractivity contribution is -0.139. The van der Waals surface area contributed by atoms with E-state index in [4.69, 9.17) is 0 Å². The smallest absolute Gasteiger partial charge is 0.227 e. The maximum absolute atomic E-state index is 12.4. The number of nitrogens with zero attached hydrogens (tertiary/aromatic N) is 3. The van der Waals surface area contributed by atoms with Crippen molar-refractivity contribution in [3.05, 3.63) is 30.1 Å². The van der Waals surface area contributed by atoms with Crippen LogP contribution in [0.2, 0.25) is 0 Å². The van der Waals surface area contributed by atoms with Gasteiger partial charge < -0.3 is 9.80 Å². The first-order valence-corrected chi connectivity index (χ1v) is 9.17. The first-order valence-electron chi connectivity index (χ1n) is 9.17. The summed E-state index contributed by atoms with van der Waals surface area (Å²) >= 11 is 0. The van der Waals surface area contributed by atoms with E-state index in [0.717, 1.165) is 5.56 Å². The number of carbonyl (C=O) groups is 2. The molecule has 0 spiro atoms. The van der Waals surface area contributed by atoms with Gasteiger partial charge in [0.05, 0.1) is 6.42 Å². The van der Waals surface area contributed by atoms with Gasteiger partial charge in [-0.1, -0.05) is 19.3 Å². The summed E-state index contributed by atoms with van der Waals surface area (Å²) in [5.74, 6) is 1.00. The van der Waals surface area contributed by atoms with E-state index in [1.54, 1.807) is 12.4 Å². The van der Waals surface area contributed by atoms with Gasteiger partial charge in [0.25, 0.3) is 0 Å². The van der Waals surface area contributed by atoms with Crippen LogP contribution in [0.4, 0.5) is 0 Å². The highest BCUT2D eigenvalue weighted by Crippen LogP contribution is 2.27. The average Bonchev–Trinajstić information content (AvgIpc) is 2.63. The Bertz CT molecular complexity index is 547. The van der Waals surface area contributed by atoms with Gasteiger partial charge in [-0.05, 0) is 36.5 Å². The summed E-state index contributed by atoms with van der Waals surface area (Å²) in [5, 5.41) is 0. The summed E-state index contributed by atoms with van der Waals surface area (Å²) in [6, 6.07) is 3.75. The molecule has 0 radical (unpaired) electrons. The van der Waals surface area contributed by atoms with Crippen molar-refractivity contribution in [1.82, 2.24) is 14.8 Å². The molecule has 0 N–H and O–H groups in total. The molecular weight excluding hydrogens is 302 g/mol. The molecule has 5 nitrogen and oxygen atoms in total. The second-order valence-electron chi connectivity index (χ2n) is 7.00. The molecule has 0 atom stereocenters. The van der Waals surface area contributed by atoms with Gasteiger partial charge in [-0.3, -0.25) is 14.6 Å². The molecule has 1 aromatic heterocycles. The highest BCUT2D eigenvalue weighted by atomic mass is 16.2. The van der Waals surface area contributed by atoms with Crippen molar-refractivity contribution in [2.45, 2.75) is 44.9 Å². The second-order valence-corrected chi connectivity index (χ2v) is 7.00. The fraction of sp³-hybridized carbons (Fsp3) is 0.632. The number of hydrogen-bond acceptors (Lipinski definition) is 3. The Kier molecular flexibility index (Phi) is 5.83. The van der Waals surface area contributed by atoms with Gasteiger partial charge in [-0.2, -0.15) is 0 Å². The predicted molar refractivity (Wildman–Crippen MR) is 92.3 cm³/mol. The van der Waals surface area contributed by atoms with Gasteiger partial charge in [0.2, 0.25) is 11.8 Å². The summed E-state index contributed by atoms with van der Waals surface area (Å²) in [7, 11) is 0. The first-order chi connectivity index (χ1) is 11.7. The zero-order valence-corrected chi connectivity index (χ0v) is 14.3. The van der Waals surface area contributed by atoms with Crippen molar-refractivity contribution in [1.29, 1.82) is 0 Å². The topological polar surface area (TPSA) is 53.5 Å². The number of amides is 2. The number of pyridine rings is 1. The van der Waals surface area contributed by atoms with Crippen molar-refractivity contribution in [2.24, 2.45) is 5.92 Å². The molecule has 1 saturated carbocycles. The van der Waals surface area contributed by atoms with Gasteiger partial charge in [-0.25, -0.2) is 0 Å². The van der Waals surface area contributed by atoms with E-state index in [2.05, 4.69) is 4.98 Å². The molecule has 2 amide bonds. The second kappa shape index (κ2) is 8.27. The quantitative estimate of drug-likeness (QED) is 0.851. The van der Waals surface area contributed by atoms with Gasteiger partial charge in [0.1, 0.15) is 0 Å².